The minimum absolute atomic E-state index is 0.105. The molecule has 1 unspecified atom stereocenters. The molecule has 96 valence electrons. The van der Waals surface area contributed by atoms with Crippen molar-refractivity contribution >= 4 is 5.69 Å². The molecule has 0 radical (unpaired) electrons. The Hall–Kier alpha value is -1.13. The fraction of sp³-hybridized carbons (Fsp3) is 0.538. The van der Waals surface area contributed by atoms with E-state index in [0.29, 0.717) is 25.3 Å². The smallest absolute Gasteiger partial charge is 0.146 e. The molecule has 3 N–H and O–H groups in total. The van der Waals surface area contributed by atoms with Gasteiger partial charge in [0.1, 0.15) is 5.82 Å². The van der Waals surface area contributed by atoms with E-state index in [2.05, 4.69) is 0 Å². The van der Waals surface area contributed by atoms with Crippen molar-refractivity contribution < 1.29 is 9.50 Å². The summed E-state index contributed by atoms with van der Waals surface area (Å²) in [7, 11) is 0. The Labute approximate surface area is 102 Å². The van der Waals surface area contributed by atoms with Crippen LogP contribution in [0, 0.1) is 11.7 Å². The lowest BCUT2D eigenvalue weighted by Gasteiger charge is -2.27. The van der Waals surface area contributed by atoms with Gasteiger partial charge in [-0.05, 0) is 31.0 Å². The highest BCUT2D eigenvalue weighted by atomic mass is 19.1. The normalized spacial score (nSPS) is 12.5. The first-order valence-corrected chi connectivity index (χ1v) is 5.99. The predicted octanol–water partition coefficient (Wildman–Crippen LogP) is 1.61. The third-order valence-corrected chi connectivity index (χ3v) is 2.67. The molecule has 0 amide bonds. The van der Waals surface area contributed by atoms with Crippen molar-refractivity contribution in [1.82, 2.24) is 0 Å². The number of nitrogens with two attached hydrogens (primary N) is 1. The van der Waals surface area contributed by atoms with Crippen LogP contribution in [0.15, 0.2) is 24.3 Å². The maximum atomic E-state index is 13.7. The van der Waals surface area contributed by atoms with Crippen molar-refractivity contribution in [2.75, 3.05) is 31.1 Å². The highest BCUT2D eigenvalue weighted by Gasteiger charge is 2.13. The van der Waals surface area contributed by atoms with Gasteiger partial charge in [0.2, 0.25) is 0 Å². The molecule has 0 saturated heterocycles. The molecule has 0 saturated carbocycles. The van der Waals surface area contributed by atoms with Crippen molar-refractivity contribution in [1.29, 1.82) is 0 Å². The highest BCUT2D eigenvalue weighted by Crippen LogP contribution is 2.20. The van der Waals surface area contributed by atoms with Gasteiger partial charge in [-0.15, -0.1) is 0 Å². The van der Waals surface area contributed by atoms with E-state index < -0.39 is 0 Å². The van der Waals surface area contributed by atoms with Crippen molar-refractivity contribution in [2.45, 2.75) is 13.3 Å². The molecule has 3 nitrogen and oxygen atoms in total. The molecule has 0 aliphatic carbocycles. The van der Waals surface area contributed by atoms with Crippen LogP contribution in [-0.2, 0) is 0 Å². The lowest BCUT2D eigenvalue weighted by molar-refractivity contribution is 0.239. The number of nitrogens with zero attached hydrogens (tertiary/aromatic N) is 1. The van der Waals surface area contributed by atoms with Gasteiger partial charge in [0.05, 0.1) is 5.69 Å². The summed E-state index contributed by atoms with van der Waals surface area (Å²) in [6.07, 6.45) is 0.812. The third kappa shape index (κ3) is 4.32. The summed E-state index contributed by atoms with van der Waals surface area (Å²) < 4.78 is 13.7. The maximum Gasteiger partial charge on any atom is 0.146 e. The number of para-hydroxylation sites is 1. The van der Waals surface area contributed by atoms with Crippen molar-refractivity contribution in [3.8, 4) is 0 Å². The van der Waals surface area contributed by atoms with Gasteiger partial charge < -0.3 is 15.7 Å². The van der Waals surface area contributed by atoms with Crippen LogP contribution < -0.4 is 10.6 Å². The summed E-state index contributed by atoms with van der Waals surface area (Å²) in [6.45, 7) is 3.97. The fourth-order valence-electron chi connectivity index (χ4n) is 1.73. The Balaban J connectivity index is 2.78. The zero-order chi connectivity index (χ0) is 12.7. The van der Waals surface area contributed by atoms with E-state index in [9.17, 15) is 4.39 Å². The molecule has 17 heavy (non-hydrogen) atoms. The van der Waals surface area contributed by atoms with E-state index in [0.717, 1.165) is 6.42 Å². The molecular weight excluding hydrogens is 219 g/mol. The van der Waals surface area contributed by atoms with Crippen LogP contribution in [0.25, 0.3) is 0 Å². The second kappa shape index (κ2) is 7.25. The topological polar surface area (TPSA) is 49.5 Å². The average Bonchev–Trinajstić information content (AvgIpc) is 2.35. The minimum atomic E-state index is -0.227. The van der Waals surface area contributed by atoms with Crippen LogP contribution in [-0.4, -0.2) is 31.3 Å². The van der Waals surface area contributed by atoms with Gasteiger partial charge in [-0.25, -0.2) is 4.39 Å². The lowest BCUT2D eigenvalue weighted by Crippen LogP contribution is -2.32. The number of aliphatic hydroxyl groups excluding tert-OH is 1. The zero-order valence-corrected chi connectivity index (χ0v) is 10.3. The molecule has 1 rings (SSSR count). The van der Waals surface area contributed by atoms with E-state index in [1.165, 1.54) is 6.07 Å². The number of rotatable bonds is 7. The van der Waals surface area contributed by atoms with Crippen LogP contribution >= 0.6 is 0 Å². The number of aliphatic hydroxyl groups is 1. The molecule has 0 aromatic heterocycles. The molecule has 1 atom stereocenters. The average molecular weight is 240 g/mol. The van der Waals surface area contributed by atoms with E-state index in [1.54, 1.807) is 12.1 Å². The van der Waals surface area contributed by atoms with Crippen molar-refractivity contribution in [3.05, 3.63) is 30.1 Å². The fourth-order valence-corrected chi connectivity index (χ4v) is 1.73. The molecule has 0 fully saturated rings. The monoisotopic (exact) mass is 240 g/mol. The third-order valence-electron chi connectivity index (χ3n) is 2.67. The van der Waals surface area contributed by atoms with Gasteiger partial charge in [-0.2, -0.15) is 0 Å². The van der Waals surface area contributed by atoms with Gasteiger partial charge in [-0.1, -0.05) is 19.1 Å². The van der Waals surface area contributed by atoms with Crippen LogP contribution in [0.3, 0.4) is 0 Å². The van der Waals surface area contributed by atoms with Gasteiger partial charge in [0.25, 0.3) is 0 Å². The summed E-state index contributed by atoms with van der Waals surface area (Å²) in [5.41, 5.74) is 6.07. The van der Waals surface area contributed by atoms with E-state index in [-0.39, 0.29) is 18.3 Å². The van der Waals surface area contributed by atoms with Crippen molar-refractivity contribution in [3.63, 3.8) is 0 Å². The molecular formula is C13H21FN2O. The van der Waals surface area contributed by atoms with Gasteiger partial charge in [-0.3, -0.25) is 0 Å². The molecule has 0 aliphatic rings. The largest absolute Gasteiger partial charge is 0.396 e. The Kier molecular flexibility index (Phi) is 5.94. The first-order chi connectivity index (χ1) is 8.19. The van der Waals surface area contributed by atoms with Crippen LogP contribution in [0.2, 0.25) is 0 Å². The Morgan fingerprint density at radius 1 is 1.41 bits per heavy atom. The maximum absolute atomic E-state index is 13.7. The Bertz CT molecular complexity index is 333. The van der Waals surface area contributed by atoms with E-state index in [4.69, 9.17) is 10.8 Å². The van der Waals surface area contributed by atoms with E-state index in [1.807, 2.05) is 17.9 Å². The predicted molar refractivity (Wildman–Crippen MR) is 68.5 cm³/mol. The van der Waals surface area contributed by atoms with Crippen molar-refractivity contribution in [2.24, 2.45) is 11.7 Å². The lowest BCUT2D eigenvalue weighted by atomic mass is 10.1. The summed E-state index contributed by atoms with van der Waals surface area (Å²) in [4.78, 5) is 1.95. The quantitative estimate of drug-likeness (QED) is 0.761. The number of benzene rings is 1. The van der Waals surface area contributed by atoms with Crippen LogP contribution in [0.1, 0.15) is 13.3 Å². The summed E-state index contributed by atoms with van der Waals surface area (Å²) in [6, 6.07) is 6.71. The molecule has 0 heterocycles. The van der Waals surface area contributed by atoms with Crippen LogP contribution in [0.5, 0.6) is 0 Å². The highest BCUT2D eigenvalue weighted by molar-refractivity contribution is 5.47. The Morgan fingerprint density at radius 3 is 2.71 bits per heavy atom. The summed E-state index contributed by atoms with van der Waals surface area (Å²) in [5.74, 6) is -0.109. The molecule has 1 aromatic carbocycles. The minimum Gasteiger partial charge on any atom is -0.396 e. The van der Waals surface area contributed by atoms with Gasteiger partial charge in [0, 0.05) is 19.7 Å². The Morgan fingerprint density at radius 2 is 2.12 bits per heavy atom. The standard InChI is InChI=1S/C13H21FN2O/c1-11(10-17)9-16(8-4-7-15)13-6-3-2-5-12(13)14/h2-3,5-6,11,17H,4,7-10,15H2,1H3. The SMILES string of the molecule is CC(CO)CN(CCCN)c1ccccc1F. The zero-order valence-electron chi connectivity index (χ0n) is 10.3. The molecule has 0 bridgehead atoms. The van der Waals surface area contributed by atoms with E-state index >= 15 is 0 Å². The molecule has 4 heteroatoms. The first kappa shape index (κ1) is 13.9. The second-order valence-electron chi connectivity index (χ2n) is 4.33. The molecule has 1 aromatic rings. The number of halogens is 1. The molecule has 0 spiro atoms. The van der Waals surface area contributed by atoms with Gasteiger partial charge in [0.15, 0.2) is 0 Å². The van der Waals surface area contributed by atoms with Crippen LogP contribution in [0.4, 0.5) is 10.1 Å². The second-order valence-corrected chi connectivity index (χ2v) is 4.33. The molecule has 0 aliphatic heterocycles. The number of hydrogen-bond donors (Lipinski definition) is 2. The van der Waals surface area contributed by atoms with Gasteiger partial charge >= 0.3 is 0 Å². The summed E-state index contributed by atoms with van der Waals surface area (Å²) >= 11 is 0. The number of anilines is 1. The number of hydrogen-bond acceptors (Lipinski definition) is 3. The first-order valence-electron chi connectivity index (χ1n) is 5.99. The summed E-state index contributed by atoms with van der Waals surface area (Å²) in [5, 5.41) is 9.08.